The number of hydrogen-bond acceptors (Lipinski definition) is 4. The Bertz CT molecular complexity index is 1040. The first kappa shape index (κ1) is 19.2. The van der Waals surface area contributed by atoms with Gasteiger partial charge in [0.15, 0.2) is 5.65 Å². The Labute approximate surface area is 166 Å². The third kappa shape index (κ3) is 4.07. The minimum absolute atomic E-state index is 0.231. The molecule has 0 bridgehead atoms. The van der Waals surface area contributed by atoms with Gasteiger partial charge in [-0.15, -0.1) is 0 Å². The molecule has 0 aliphatic heterocycles. The van der Waals surface area contributed by atoms with Crippen LogP contribution in [0.15, 0.2) is 36.5 Å². The van der Waals surface area contributed by atoms with Crippen molar-refractivity contribution in [2.24, 2.45) is 0 Å². The van der Waals surface area contributed by atoms with E-state index in [-0.39, 0.29) is 6.10 Å². The Balaban J connectivity index is 1.92. The van der Waals surface area contributed by atoms with Crippen molar-refractivity contribution >= 4 is 46.4 Å². The molecule has 0 saturated carbocycles. The first-order valence-electron chi connectivity index (χ1n) is 8.22. The number of halogens is 2. The predicted octanol–water partition coefficient (Wildman–Crippen LogP) is 4.77. The maximum absolute atomic E-state index is 12.8. The van der Waals surface area contributed by atoms with E-state index in [1.165, 1.54) is 0 Å². The van der Waals surface area contributed by atoms with Gasteiger partial charge in [0, 0.05) is 11.9 Å². The minimum Gasteiger partial charge on any atom is -0.459 e. The van der Waals surface area contributed by atoms with Crippen LogP contribution in [-0.2, 0) is 4.74 Å². The van der Waals surface area contributed by atoms with Gasteiger partial charge >= 0.3 is 5.97 Å². The quantitative estimate of drug-likeness (QED) is 0.634. The molecular weight excluding hydrogens is 389 g/mol. The number of fused-ring (bicyclic) bond motifs is 1. The summed E-state index contributed by atoms with van der Waals surface area (Å²) in [5, 5.41) is 3.51. The van der Waals surface area contributed by atoms with E-state index in [2.05, 4.69) is 10.3 Å². The molecule has 3 rings (SSSR count). The van der Waals surface area contributed by atoms with Gasteiger partial charge in [-0.2, -0.15) is 0 Å². The summed E-state index contributed by atoms with van der Waals surface area (Å²) in [5.41, 5.74) is 2.07. The van der Waals surface area contributed by atoms with Crippen LogP contribution >= 0.6 is 23.2 Å². The van der Waals surface area contributed by atoms with Gasteiger partial charge in [-0.1, -0.05) is 29.3 Å². The van der Waals surface area contributed by atoms with Gasteiger partial charge in [-0.3, -0.25) is 9.20 Å². The zero-order valence-corrected chi connectivity index (χ0v) is 16.4. The summed E-state index contributed by atoms with van der Waals surface area (Å²) in [5.74, 6) is -0.849. The number of ether oxygens (including phenoxy) is 1. The van der Waals surface area contributed by atoms with E-state index in [1.54, 1.807) is 61.7 Å². The van der Waals surface area contributed by atoms with E-state index in [0.29, 0.717) is 38.3 Å². The van der Waals surface area contributed by atoms with Crippen LogP contribution in [0.1, 0.15) is 40.4 Å². The molecule has 27 heavy (non-hydrogen) atoms. The van der Waals surface area contributed by atoms with E-state index in [1.807, 2.05) is 0 Å². The number of carbonyl (C=O) groups excluding carboxylic acids is 2. The lowest BCUT2D eigenvalue weighted by atomic mass is 10.2. The molecule has 8 heteroatoms. The Morgan fingerprint density at radius 3 is 2.67 bits per heavy atom. The highest BCUT2D eigenvalue weighted by Crippen LogP contribution is 2.25. The Morgan fingerprint density at radius 1 is 1.22 bits per heavy atom. The maximum atomic E-state index is 12.8. The number of imidazole rings is 1. The molecule has 6 nitrogen and oxygen atoms in total. The number of carbonyl (C=O) groups is 2. The van der Waals surface area contributed by atoms with Crippen molar-refractivity contribution in [3.63, 3.8) is 0 Å². The van der Waals surface area contributed by atoms with Crippen LogP contribution in [0.4, 0.5) is 5.69 Å². The second-order valence-electron chi connectivity index (χ2n) is 6.23. The second-order valence-corrected chi connectivity index (χ2v) is 7.08. The standard InChI is InChI=1S/C19H17Cl2N3O3/c1-10(2)27-19(26)12-5-4-6-14(7-12)23-18(25)16-11(3)22-17-15(21)8-13(20)9-24(16)17/h4-10H,1-3H3,(H,23,25). The fraction of sp³-hybridized carbons (Fsp3) is 0.211. The van der Waals surface area contributed by atoms with Crippen molar-refractivity contribution in [3.05, 3.63) is 63.5 Å². The molecule has 0 unspecified atom stereocenters. The number of aryl methyl sites for hydroxylation is 1. The lowest BCUT2D eigenvalue weighted by Crippen LogP contribution is -2.16. The van der Waals surface area contributed by atoms with Gasteiger partial charge in [-0.25, -0.2) is 9.78 Å². The molecule has 0 radical (unpaired) electrons. The molecule has 140 valence electrons. The zero-order chi connectivity index (χ0) is 19.7. The minimum atomic E-state index is -0.453. The Kier molecular flexibility index (Phi) is 5.39. The number of rotatable bonds is 4. The van der Waals surface area contributed by atoms with E-state index < -0.39 is 11.9 Å². The van der Waals surface area contributed by atoms with Gasteiger partial charge in [0.05, 0.1) is 27.4 Å². The molecule has 0 aliphatic rings. The van der Waals surface area contributed by atoms with Crippen LogP contribution in [0.25, 0.3) is 5.65 Å². The molecule has 2 aromatic heterocycles. The van der Waals surface area contributed by atoms with E-state index in [0.717, 1.165) is 0 Å². The van der Waals surface area contributed by atoms with Crippen LogP contribution < -0.4 is 5.32 Å². The highest BCUT2D eigenvalue weighted by Gasteiger charge is 2.19. The maximum Gasteiger partial charge on any atom is 0.338 e. The Hall–Kier alpha value is -2.57. The third-order valence-electron chi connectivity index (χ3n) is 3.73. The van der Waals surface area contributed by atoms with Crippen molar-refractivity contribution in [1.82, 2.24) is 9.38 Å². The van der Waals surface area contributed by atoms with Crippen molar-refractivity contribution in [3.8, 4) is 0 Å². The van der Waals surface area contributed by atoms with Crippen molar-refractivity contribution in [1.29, 1.82) is 0 Å². The van der Waals surface area contributed by atoms with Crippen molar-refractivity contribution < 1.29 is 14.3 Å². The van der Waals surface area contributed by atoms with Gasteiger partial charge in [0.2, 0.25) is 0 Å². The fourth-order valence-electron chi connectivity index (χ4n) is 2.66. The van der Waals surface area contributed by atoms with Gasteiger partial charge < -0.3 is 10.1 Å². The average molecular weight is 406 g/mol. The third-order valence-corrected chi connectivity index (χ3v) is 4.21. The van der Waals surface area contributed by atoms with Crippen LogP contribution in [0.5, 0.6) is 0 Å². The van der Waals surface area contributed by atoms with Gasteiger partial charge in [0.1, 0.15) is 5.69 Å². The van der Waals surface area contributed by atoms with E-state index in [4.69, 9.17) is 27.9 Å². The number of aromatic nitrogens is 2. The fourth-order valence-corrected chi connectivity index (χ4v) is 3.17. The molecule has 0 atom stereocenters. The van der Waals surface area contributed by atoms with Crippen LogP contribution in [-0.4, -0.2) is 27.4 Å². The SMILES string of the molecule is Cc1nc2c(Cl)cc(Cl)cn2c1C(=O)Nc1cccc(C(=O)OC(C)C)c1. The first-order valence-corrected chi connectivity index (χ1v) is 8.98. The largest absolute Gasteiger partial charge is 0.459 e. The zero-order valence-electron chi connectivity index (χ0n) is 14.9. The first-order chi connectivity index (χ1) is 12.8. The van der Waals surface area contributed by atoms with Crippen LogP contribution in [0, 0.1) is 6.92 Å². The molecule has 2 heterocycles. The van der Waals surface area contributed by atoms with Crippen molar-refractivity contribution in [2.75, 3.05) is 5.32 Å². The summed E-state index contributed by atoms with van der Waals surface area (Å²) in [6.07, 6.45) is 1.35. The predicted molar refractivity (Wildman–Crippen MR) is 105 cm³/mol. The number of benzene rings is 1. The number of nitrogens with one attached hydrogen (secondary N) is 1. The summed E-state index contributed by atoms with van der Waals surface area (Å²) < 4.78 is 6.72. The Morgan fingerprint density at radius 2 is 1.96 bits per heavy atom. The molecule has 1 amide bonds. The molecule has 0 fully saturated rings. The van der Waals surface area contributed by atoms with E-state index in [9.17, 15) is 9.59 Å². The molecule has 3 aromatic rings. The van der Waals surface area contributed by atoms with E-state index >= 15 is 0 Å². The lowest BCUT2D eigenvalue weighted by Gasteiger charge is -2.10. The highest BCUT2D eigenvalue weighted by molar-refractivity contribution is 6.36. The normalized spacial score (nSPS) is 11.0. The van der Waals surface area contributed by atoms with Crippen LogP contribution in [0.3, 0.4) is 0 Å². The molecular formula is C19H17Cl2N3O3. The topological polar surface area (TPSA) is 72.7 Å². The number of amides is 1. The van der Waals surface area contributed by atoms with Crippen molar-refractivity contribution in [2.45, 2.75) is 26.9 Å². The number of hydrogen-bond donors (Lipinski definition) is 1. The number of esters is 1. The number of pyridine rings is 1. The van der Waals surface area contributed by atoms with Crippen LogP contribution in [0.2, 0.25) is 10.0 Å². The lowest BCUT2D eigenvalue weighted by molar-refractivity contribution is 0.0377. The van der Waals surface area contributed by atoms with Gasteiger partial charge in [0.25, 0.3) is 5.91 Å². The molecule has 0 saturated heterocycles. The number of anilines is 1. The summed E-state index contributed by atoms with van der Waals surface area (Å²) in [7, 11) is 0. The summed E-state index contributed by atoms with van der Waals surface area (Å²) in [6.45, 7) is 5.25. The molecule has 0 spiro atoms. The average Bonchev–Trinajstić information content (AvgIpc) is 2.91. The number of nitrogens with zero attached hydrogens (tertiary/aromatic N) is 2. The highest BCUT2D eigenvalue weighted by atomic mass is 35.5. The summed E-state index contributed by atoms with van der Waals surface area (Å²) in [4.78, 5) is 29.2. The molecule has 1 aromatic carbocycles. The van der Waals surface area contributed by atoms with Gasteiger partial charge in [-0.05, 0) is 45.0 Å². The smallest absolute Gasteiger partial charge is 0.338 e. The second kappa shape index (κ2) is 7.58. The molecule has 0 aliphatic carbocycles. The summed E-state index contributed by atoms with van der Waals surface area (Å²) in [6, 6.07) is 8.10. The summed E-state index contributed by atoms with van der Waals surface area (Å²) >= 11 is 12.2. The molecule has 1 N–H and O–H groups in total. The monoisotopic (exact) mass is 405 g/mol.